The van der Waals surface area contributed by atoms with Gasteiger partial charge in [-0.25, -0.2) is 5.43 Å². The van der Waals surface area contributed by atoms with E-state index in [0.717, 1.165) is 0 Å². The zero-order valence-corrected chi connectivity index (χ0v) is 15.4. The lowest BCUT2D eigenvalue weighted by Crippen LogP contribution is -2.24. The Hall–Kier alpha value is -3.07. The van der Waals surface area contributed by atoms with Crippen molar-refractivity contribution in [2.45, 2.75) is 5.92 Å². The van der Waals surface area contributed by atoms with Crippen LogP contribution < -0.4 is 5.43 Å². The quantitative estimate of drug-likeness (QED) is 0.485. The lowest BCUT2D eigenvalue weighted by molar-refractivity contribution is -0.121. The minimum atomic E-state index is -0.944. The molecule has 0 unspecified atom stereocenters. The summed E-state index contributed by atoms with van der Waals surface area (Å²) in [5.74, 6) is -0.533. The van der Waals surface area contributed by atoms with Crippen molar-refractivity contribution in [3.63, 3.8) is 0 Å². The van der Waals surface area contributed by atoms with Gasteiger partial charge < -0.3 is 4.42 Å². The average molecular weight is 398 g/mol. The van der Waals surface area contributed by atoms with E-state index in [4.69, 9.17) is 27.6 Å². The fourth-order valence-corrected chi connectivity index (χ4v) is 2.81. The fourth-order valence-electron chi connectivity index (χ4n) is 2.42. The molecular weight excluding hydrogens is 385 g/mol. The van der Waals surface area contributed by atoms with Crippen LogP contribution in [0.1, 0.15) is 17.2 Å². The predicted octanol–water partition coefficient (Wildman–Crippen LogP) is 5.01. The van der Waals surface area contributed by atoms with Gasteiger partial charge in [0.25, 0.3) is 5.91 Å². The molecule has 0 saturated carbocycles. The molecule has 3 rings (SSSR count). The number of nitrogens with one attached hydrogen (secondary N) is 1. The lowest BCUT2D eigenvalue weighted by atomic mass is 10.0. The highest BCUT2D eigenvalue weighted by Crippen LogP contribution is 2.34. The van der Waals surface area contributed by atoms with Crippen LogP contribution in [-0.2, 0) is 4.79 Å². The van der Waals surface area contributed by atoms with Crippen LogP contribution in [0, 0.1) is 11.3 Å². The molecule has 7 heteroatoms. The summed E-state index contributed by atoms with van der Waals surface area (Å²) in [6, 6.07) is 19.4. The van der Waals surface area contributed by atoms with Crippen molar-refractivity contribution in [3.05, 3.63) is 82.0 Å². The van der Waals surface area contributed by atoms with Crippen molar-refractivity contribution in [3.8, 4) is 17.4 Å². The molecule has 1 heterocycles. The van der Waals surface area contributed by atoms with Gasteiger partial charge in [-0.05, 0) is 29.8 Å². The van der Waals surface area contributed by atoms with E-state index in [2.05, 4.69) is 10.5 Å². The summed E-state index contributed by atoms with van der Waals surface area (Å²) < 4.78 is 5.65. The molecule has 134 valence electrons. The summed E-state index contributed by atoms with van der Waals surface area (Å²) in [7, 11) is 0. The van der Waals surface area contributed by atoms with Crippen molar-refractivity contribution in [1.82, 2.24) is 5.43 Å². The number of amides is 1. The number of carbonyl (C=O) groups excluding carboxylic acids is 1. The molecule has 1 N–H and O–H groups in total. The predicted molar refractivity (Wildman–Crippen MR) is 105 cm³/mol. The lowest BCUT2D eigenvalue weighted by Gasteiger charge is -2.06. The second-order valence-corrected chi connectivity index (χ2v) is 6.30. The highest BCUT2D eigenvalue weighted by atomic mass is 35.5. The number of hydrogen-bond donors (Lipinski definition) is 1. The molecule has 1 amide bonds. The molecule has 5 nitrogen and oxygen atoms in total. The largest absolute Gasteiger partial charge is 0.455 e. The van der Waals surface area contributed by atoms with Gasteiger partial charge in [-0.3, -0.25) is 4.79 Å². The van der Waals surface area contributed by atoms with Crippen LogP contribution in [0.25, 0.3) is 11.3 Å². The van der Waals surface area contributed by atoms with Gasteiger partial charge in [0.05, 0.1) is 22.3 Å². The Morgan fingerprint density at radius 3 is 2.63 bits per heavy atom. The van der Waals surface area contributed by atoms with Crippen LogP contribution in [-0.4, -0.2) is 12.1 Å². The van der Waals surface area contributed by atoms with Crippen molar-refractivity contribution >= 4 is 35.3 Å². The normalized spacial score (nSPS) is 11.9. The molecule has 0 saturated heterocycles. The van der Waals surface area contributed by atoms with Gasteiger partial charge in [0, 0.05) is 5.56 Å². The molecule has 0 fully saturated rings. The van der Waals surface area contributed by atoms with Gasteiger partial charge in [-0.1, -0.05) is 59.6 Å². The maximum atomic E-state index is 12.2. The van der Waals surface area contributed by atoms with E-state index in [-0.39, 0.29) is 0 Å². The molecule has 0 spiro atoms. The van der Waals surface area contributed by atoms with Crippen molar-refractivity contribution in [1.29, 1.82) is 5.26 Å². The SMILES string of the molecule is N#C[C@H](C(=O)N/N=C\c1ccc(-c2cccc(Cl)c2Cl)o1)c1ccccc1. The zero-order chi connectivity index (χ0) is 19.2. The number of halogens is 2. The van der Waals surface area contributed by atoms with Crippen LogP contribution in [0.4, 0.5) is 0 Å². The third kappa shape index (κ3) is 4.37. The van der Waals surface area contributed by atoms with E-state index in [1.54, 1.807) is 54.6 Å². The second kappa shape index (κ2) is 8.54. The summed E-state index contributed by atoms with van der Waals surface area (Å²) in [6.07, 6.45) is 1.35. The first-order chi connectivity index (χ1) is 13.1. The number of furan rings is 1. The molecule has 0 aliphatic carbocycles. The van der Waals surface area contributed by atoms with Gasteiger partial charge >= 0.3 is 0 Å². The van der Waals surface area contributed by atoms with Crippen molar-refractivity contribution in [2.75, 3.05) is 0 Å². The van der Waals surface area contributed by atoms with Crippen molar-refractivity contribution < 1.29 is 9.21 Å². The molecule has 27 heavy (non-hydrogen) atoms. The number of hydrazone groups is 1. The van der Waals surface area contributed by atoms with E-state index in [1.807, 2.05) is 12.1 Å². The van der Waals surface area contributed by atoms with Gasteiger partial charge in [0.15, 0.2) is 5.92 Å². The van der Waals surface area contributed by atoms with Gasteiger partial charge in [-0.2, -0.15) is 10.4 Å². The van der Waals surface area contributed by atoms with Crippen LogP contribution in [0.15, 0.2) is 70.2 Å². The topological polar surface area (TPSA) is 78.4 Å². The summed E-state index contributed by atoms with van der Waals surface area (Å²) in [6.45, 7) is 0. The third-order valence-electron chi connectivity index (χ3n) is 3.73. The molecule has 1 atom stereocenters. The number of nitriles is 1. The standard InChI is InChI=1S/C20H13Cl2N3O2/c21-17-8-4-7-15(19(17)22)18-10-9-14(27-18)12-24-25-20(26)16(11-23)13-5-2-1-3-6-13/h1-10,12,16H,(H,25,26)/b24-12-/t16-/m0/s1. The molecule has 0 aliphatic rings. The highest BCUT2D eigenvalue weighted by molar-refractivity contribution is 6.43. The molecule has 3 aromatic rings. The van der Waals surface area contributed by atoms with E-state index in [9.17, 15) is 10.1 Å². The van der Waals surface area contributed by atoms with Crippen LogP contribution in [0.2, 0.25) is 10.0 Å². The van der Waals surface area contributed by atoms with E-state index in [1.165, 1.54) is 6.21 Å². The minimum absolute atomic E-state index is 0.394. The van der Waals surface area contributed by atoms with Crippen LogP contribution >= 0.6 is 23.2 Å². The van der Waals surface area contributed by atoms with Gasteiger partial charge in [0.2, 0.25) is 0 Å². The van der Waals surface area contributed by atoms with Crippen molar-refractivity contribution in [2.24, 2.45) is 5.10 Å². The Morgan fingerprint density at radius 2 is 1.89 bits per heavy atom. The minimum Gasteiger partial charge on any atom is -0.455 e. The summed E-state index contributed by atoms with van der Waals surface area (Å²) >= 11 is 12.2. The molecule has 1 aromatic heterocycles. The third-order valence-corrected chi connectivity index (χ3v) is 4.55. The molecule has 0 aliphatic heterocycles. The Labute approximate surface area is 165 Å². The van der Waals surface area contributed by atoms with Gasteiger partial charge in [-0.15, -0.1) is 0 Å². The number of carbonyl (C=O) groups is 1. The first-order valence-electron chi connectivity index (χ1n) is 7.92. The van der Waals surface area contributed by atoms with Crippen LogP contribution in [0.3, 0.4) is 0 Å². The Morgan fingerprint density at radius 1 is 1.11 bits per heavy atom. The van der Waals surface area contributed by atoms with Crippen LogP contribution in [0.5, 0.6) is 0 Å². The number of hydrogen-bond acceptors (Lipinski definition) is 4. The van der Waals surface area contributed by atoms with E-state index >= 15 is 0 Å². The first kappa shape index (κ1) is 18.7. The average Bonchev–Trinajstić information content (AvgIpc) is 3.14. The number of rotatable bonds is 5. The monoisotopic (exact) mass is 397 g/mol. The Kier molecular flexibility index (Phi) is 5.92. The molecule has 0 bridgehead atoms. The Balaban J connectivity index is 1.69. The summed E-state index contributed by atoms with van der Waals surface area (Å²) in [5.41, 5.74) is 3.61. The number of nitrogens with zero attached hydrogens (tertiary/aromatic N) is 2. The van der Waals surface area contributed by atoms with E-state index < -0.39 is 11.8 Å². The molecular formula is C20H13Cl2N3O2. The summed E-state index contributed by atoms with van der Waals surface area (Å²) in [4.78, 5) is 12.2. The zero-order valence-electron chi connectivity index (χ0n) is 13.9. The first-order valence-corrected chi connectivity index (χ1v) is 8.67. The summed E-state index contributed by atoms with van der Waals surface area (Å²) in [5, 5.41) is 13.9. The van der Waals surface area contributed by atoms with E-state index in [0.29, 0.717) is 32.7 Å². The maximum absolute atomic E-state index is 12.2. The highest BCUT2D eigenvalue weighted by Gasteiger charge is 2.19. The maximum Gasteiger partial charge on any atom is 0.261 e. The number of benzene rings is 2. The molecule has 2 aromatic carbocycles. The second-order valence-electron chi connectivity index (χ2n) is 5.51. The smallest absolute Gasteiger partial charge is 0.261 e. The Bertz CT molecular complexity index is 1020. The molecule has 0 radical (unpaired) electrons. The van der Waals surface area contributed by atoms with Gasteiger partial charge in [0.1, 0.15) is 11.5 Å². The fraction of sp³-hybridized carbons (Fsp3) is 0.0500.